The van der Waals surface area contributed by atoms with Crippen molar-refractivity contribution in [1.29, 1.82) is 0 Å². The molecular formula is C14H17N3O5S. The van der Waals surface area contributed by atoms with Gasteiger partial charge in [-0.15, -0.1) is 0 Å². The highest BCUT2D eigenvalue weighted by atomic mass is 32.2. The van der Waals surface area contributed by atoms with Gasteiger partial charge in [0.1, 0.15) is 0 Å². The number of carboxylic acid groups (broad SMARTS) is 1. The molecule has 124 valence electrons. The molecule has 0 aliphatic heterocycles. The van der Waals surface area contributed by atoms with Gasteiger partial charge in [0.15, 0.2) is 0 Å². The smallest absolute Gasteiger partial charge is 0.335 e. The maximum Gasteiger partial charge on any atom is 0.335 e. The van der Waals surface area contributed by atoms with Gasteiger partial charge in [-0.1, -0.05) is 0 Å². The number of aromatic carboxylic acids is 1. The molecule has 0 saturated carbocycles. The normalized spacial score (nSPS) is 11.6. The summed E-state index contributed by atoms with van der Waals surface area (Å²) in [5.74, 6) is -1.22. The molecule has 2 N–H and O–H groups in total. The SMILES string of the molecule is COCCNS(=O)(=O)c1cc(C(=O)O)cc(-n2cc(C)cn2)c1. The van der Waals surface area contributed by atoms with Gasteiger partial charge in [-0.25, -0.2) is 22.6 Å². The first-order valence-electron chi connectivity index (χ1n) is 6.72. The topological polar surface area (TPSA) is 111 Å². The first kappa shape index (κ1) is 17.1. The average Bonchev–Trinajstić information content (AvgIpc) is 2.93. The summed E-state index contributed by atoms with van der Waals surface area (Å²) in [4.78, 5) is 11.1. The minimum absolute atomic E-state index is 0.0896. The average molecular weight is 339 g/mol. The third kappa shape index (κ3) is 4.15. The van der Waals surface area contributed by atoms with Crippen LogP contribution in [-0.4, -0.2) is 49.5 Å². The number of rotatable bonds is 7. The van der Waals surface area contributed by atoms with Crippen molar-refractivity contribution in [3.63, 3.8) is 0 Å². The van der Waals surface area contributed by atoms with Crippen molar-refractivity contribution in [3.05, 3.63) is 41.7 Å². The highest BCUT2D eigenvalue weighted by Crippen LogP contribution is 2.18. The molecule has 2 aromatic rings. The Morgan fingerprint density at radius 2 is 2.13 bits per heavy atom. The van der Waals surface area contributed by atoms with E-state index in [0.29, 0.717) is 5.69 Å². The van der Waals surface area contributed by atoms with Crippen LogP contribution < -0.4 is 4.72 Å². The minimum Gasteiger partial charge on any atom is -0.478 e. The summed E-state index contributed by atoms with van der Waals surface area (Å²) >= 11 is 0. The van der Waals surface area contributed by atoms with Crippen molar-refractivity contribution in [1.82, 2.24) is 14.5 Å². The Morgan fingerprint density at radius 1 is 1.39 bits per heavy atom. The van der Waals surface area contributed by atoms with E-state index >= 15 is 0 Å². The molecule has 23 heavy (non-hydrogen) atoms. The zero-order chi connectivity index (χ0) is 17.0. The Bertz CT molecular complexity index is 814. The van der Waals surface area contributed by atoms with Crippen LogP contribution in [0.15, 0.2) is 35.5 Å². The van der Waals surface area contributed by atoms with Gasteiger partial charge in [0.2, 0.25) is 10.0 Å². The number of aromatic nitrogens is 2. The summed E-state index contributed by atoms with van der Waals surface area (Å²) in [7, 11) is -2.39. The molecule has 0 amide bonds. The number of ether oxygens (including phenoxy) is 1. The summed E-state index contributed by atoms with van der Waals surface area (Å²) in [6.45, 7) is 2.13. The fourth-order valence-electron chi connectivity index (χ4n) is 1.91. The number of aryl methyl sites for hydroxylation is 1. The zero-order valence-corrected chi connectivity index (χ0v) is 13.5. The molecule has 0 atom stereocenters. The lowest BCUT2D eigenvalue weighted by molar-refractivity contribution is 0.0696. The summed E-state index contributed by atoms with van der Waals surface area (Å²) in [6.07, 6.45) is 3.27. The van der Waals surface area contributed by atoms with Gasteiger partial charge in [-0.2, -0.15) is 5.10 Å². The van der Waals surface area contributed by atoms with Crippen LogP contribution >= 0.6 is 0 Å². The number of nitrogens with zero attached hydrogens (tertiary/aromatic N) is 2. The van der Waals surface area contributed by atoms with Gasteiger partial charge < -0.3 is 9.84 Å². The molecule has 9 heteroatoms. The van der Waals surface area contributed by atoms with Crippen molar-refractivity contribution < 1.29 is 23.1 Å². The van der Waals surface area contributed by atoms with E-state index in [0.717, 1.165) is 11.6 Å². The van der Waals surface area contributed by atoms with Crippen LogP contribution in [0, 0.1) is 6.92 Å². The number of hydrogen-bond donors (Lipinski definition) is 2. The summed E-state index contributed by atoms with van der Waals surface area (Å²) in [6, 6.07) is 3.84. The number of nitrogens with one attached hydrogen (secondary N) is 1. The van der Waals surface area contributed by atoms with E-state index in [9.17, 15) is 18.3 Å². The number of hydrogen-bond acceptors (Lipinski definition) is 5. The maximum absolute atomic E-state index is 12.3. The summed E-state index contributed by atoms with van der Waals surface area (Å²) in [5.41, 5.74) is 1.08. The van der Waals surface area contributed by atoms with E-state index in [2.05, 4.69) is 9.82 Å². The van der Waals surface area contributed by atoms with Gasteiger partial charge in [-0.3, -0.25) is 0 Å². The molecule has 0 aliphatic rings. The molecule has 8 nitrogen and oxygen atoms in total. The van der Waals surface area contributed by atoms with Gasteiger partial charge >= 0.3 is 5.97 Å². The lowest BCUT2D eigenvalue weighted by atomic mass is 10.2. The summed E-state index contributed by atoms with van der Waals surface area (Å²) < 4.78 is 33.1. The quantitative estimate of drug-likeness (QED) is 0.722. The number of sulfonamides is 1. The molecule has 1 aromatic carbocycles. The van der Waals surface area contributed by atoms with E-state index in [4.69, 9.17) is 4.74 Å². The monoisotopic (exact) mass is 339 g/mol. The van der Waals surface area contributed by atoms with Crippen molar-refractivity contribution in [2.45, 2.75) is 11.8 Å². The van der Waals surface area contributed by atoms with Crippen LogP contribution in [0.4, 0.5) is 0 Å². The predicted octanol–water partition coefficient (Wildman–Crippen LogP) is 0.804. The second-order valence-electron chi connectivity index (χ2n) is 4.87. The van der Waals surface area contributed by atoms with Crippen molar-refractivity contribution >= 4 is 16.0 Å². The fraction of sp³-hybridized carbons (Fsp3) is 0.286. The lowest BCUT2D eigenvalue weighted by Gasteiger charge is -2.10. The van der Waals surface area contributed by atoms with Gasteiger partial charge in [-0.05, 0) is 30.7 Å². The molecule has 0 spiro atoms. The van der Waals surface area contributed by atoms with Crippen molar-refractivity contribution in [2.75, 3.05) is 20.3 Å². The Balaban J connectivity index is 2.47. The third-order valence-electron chi connectivity index (χ3n) is 3.02. The molecule has 2 rings (SSSR count). The van der Waals surface area contributed by atoms with Crippen LogP contribution in [0.25, 0.3) is 5.69 Å². The third-order valence-corrected chi connectivity index (χ3v) is 4.46. The highest BCUT2D eigenvalue weighted by molar-refractivity contribution is 7.89. The van der Waals surface area contributed by atoms with E-state index in [1.54, 1.807) is 12.4 Å². The number of carbonyl (C=O) groups is 1. The van der Waals surface area contributed by atoms with Crippen LogP contribution in [0.5, 0.6) is 0 Å². The zero-order valence-electron chi connectivity index (χ0n) is 12.7. The van der Waals surface area contributed by atoms with Gasteiger partial charge in [0, 0.05) is 19.9 Å². The first-order valence-corrected chi connectivity index (χ1v) is 8.20. The number of carboxylic acids is 1. The fourth-order valence-corrected chi connectivity index (χ4v) is 2.99. The Hall–Kier alpha value is -2.23. The number of methoxy groups -OCH3 is 1. The van der Waals surface area contributed by atoms with Gasteiger partial charge in [0.05, 0.1) is 29.0 Å². The van der Waals surface area contributed by atoms with Crippen LogP contribution in [0.1, 0.15) is 15.9 Å². The number of benzene rings is 1. The Labute approximate surface area is 133 Å². The summed E-state index contributed by atoms with van der Waals surface area (Å²) in [5, 5.41) is 13.3. The largest absolute Gasteiger partial charge is 0.478 e. The molecule has 0 aliphatic carbocycles. The lowest BCUT2D eigenvalue weighted by Crippen LogP contribution is -2.27. The van der Waals surface area contributed by atoms with Crippen molar-refractivity contribution in [3.8, 4) is 5.69 Å². The van der Waals surface area contributed by atoms with Crippen molar-refractivity contribution in [2.24, 2.45) is 0 Å². The minimum atomic E-state index is -3.85. The molecule has 1 heterocycles. The molecule has 0 bridgehead atoms. The Morgan fingerprint density at radius 3 is 2.70 bits per heavy atom. The first-order chi connectivity index (χ1) is 10.8. The molecule has 0 unspecified atom stereocenters. The second-order valence-corrected chi connectivity index (χ2v) is 6.64. The molecule has 1 aromatic heterocycles. The highest BCUT2D eigenvalue weighted by Gasteiger charge is 2.18. The molecular weight excluding hydrogens is 322 g/mol. The maximum atomic E-state index is 12.3. The van der Waals surface area contributed by atoms with E-state index < -0.39 is 16.0 Å². The van der Waals surface area contributed by atoms with E-state index in [1.165, 1.54) is 23.9 Å². The molecule has 0 radical (unpaired) electrons. The molecule has 0 saturated heterocycles. The Kier molecular flexibility index (Phi) is 5.14. The van der Waals surface area contributed by atoms with E-state index in [-0.39, 0.29) is 23.6 Å². The van der Waals surface area contributed by atoms with Crippen LogP contribution in [-0.2, 0) is 14.8 Å². The standard InChI is InChI=1S/C14H17N3O5S/c1-10-8-15-17(9-10)12-5-11(14(18)19)6-13(7-12)23(20,21)16-3-4-22-2/h5-9,16H,3-4H2,1-2H3,(H,18,19). The second kappa shape index (κ2) is 6.90. The van der Waals surface area contributed by atoms with Gasteiger partial charge in [0.25, 0.3) is 0 Å². The van der Waals surface area contributed by atoms with Crippen LogP contribution in [0.2, 0.25) is 0 Å². The van der Waals surface area contributed by atoms with E-state index in [1.807, 2.05) is 6.92 Å². The molecule has 0 fully saturated rings. The predicted molar refractivity (Wildman–Crippen MR) is 82.3 cm³/mol. The van der Waals surface area contributed by atoms with Crippen LogP contribution in [0.3, 0.4) is 0 Å².